The number of aliphatic imine (C=N–C) groups is 1. The number of nitrogens with one attached hydrogen (secondary N) is 2. The molecule has 2 N–H and O–H groups in total. The van der Waals surface area contributed by atoms with E-state index >= 15 is 0 Å². The van der Waals surface area contributed by atoms with Crippen LogP contribution in [0.15, 0.2) is 114 Å². The third-order valence-corrected chi connectivity index (χ3v) is 5.29. The number of rotatable bonds is 8. The van der Waals surface area contributed by atoms with E-state index in [4.69, 9.17) is 9.47 Å². The van der Waals surface area contributed by atoms with E-state index in [0.29, 0.717) is 22.7 Å². The van der Waals surface area contributed by atoms with Gasteiger partial charge in [-0.3, -0.25) is 4.79 Å². The third-order valence-electron chi connectivity index (χ3n) is 5.29. The Balaban J connectivity index is 1.75. The molecule has 1 unspecified atom stereocenters. The second kappa shape index (κ2) is 11.6. The molecule has 0 spiro atoms. The topological polar surface area (TPSA) is 72.0 Å². The zero-order valence-electron chi connectivity index (χ0n) is 19.6. The second-order valence-electron chi connectivity index (χ2n) is 7.75. The van der Waals surface area contributed by atoms with Crippen LogP contribution in [0.3, 0.4) is 0 Å². The molecule has 0 aliphatic rings. The molecule has 176 valence electrons. The highest BCUT2D eigenvalue weighted by Gasteiger charge is 2.18. The minimum Gasteiger partial charge on any atom is -0.481 e. The van der Waals surface area contributed by atoms with Gasteiger partial charge in [0.05, 0.1) is 12.8 Å². The van der Waals surface area contributed by atoms with Gasteiger partial charge in [0, 0.05) is 35.2 Å². The van der Waals surface area contributed by atoms with Crippen molar-refractivity contribution < 1.29 is 14.3 Å². The van der Waals surface area contributed by atoms with Gasteiger partial charge in [0.25, 0.3) is 5.91 Å². The molecule has 0 aliphatic heterocycles. The fraction of sp³-hybridized carbons (Fsp3) is 0.103. The van der Waals surface area contributed by atoms with Crippen LogP contribution in [-0.2, 0) is 9.47 Å². The van der Waals surface area contributed by atoms with E-state index < -0.39 is 6.23 Å². The molecule has 6 nitrogen and oxygen atoms in total. The van der Waals surface area contributed by atoms with Gasteiger partial charge in [-0.15, -0.1) is 0 Å². The van der Waals surface area contributed by atoms with E-state index in [1.165, 1.54) is 0 Å². The highest BCUT2D eigenvalue weighted by atomic mass is 16.5. The molecule has 0 aliphatic carbocycles. The van der Waals surface area contributed by atoms with Crippen LogP contribution >= 0.6 is 0 Å². The van der Waals surface area contributed by atoms with E-state index in [-0.39, 0.29) is 5.91 Å². The van der Waals surface area contributed by atoms with Gasteiger partial charge >= 0.3 is 0 Å². The number of carbonyl (C=O) groups is 1. The van der Waals surface area contributed by atoms with Gasteiger partial charge in [-0.25, -0.2) is 4.99 Å². The lowest BCUT2D eigenvalue weighted by Gasteiger charge is -2.21. The molecule has 0 fully saturated rings. The number of nitrogens with zero attached hydrogens (tertiary/aromatic N) is 1. The Labute approximate surface area is 205 Å². The van der Waals surface area contributed by atoms with Crippen LogP contribution in [0.1, 0.15) is 27.7 Å². The summed E-state index contributed by atoms with van der Waals surface area (Å²) in [4.78, 5) is 17.8. The summed E-state index contributed by atoms with van der Waals surface area (Å²) in [7, 11) is 3.18. The molecule has 1 amide bonds. The maximum Gasteiger partial charge on any atom is 0.255 e. The number of hydrogen-bond donors (Lipinski definition) is 2. The molecule has 4 rings (SSSR count). The van der Waals surface area contributed by atoms with E-state index in [1.54, 1.807) is 20.3 Å². The van der Waals surface area contributed by atoms with Crippen LogP contribution in [0.25, 0.3) is 0 Å². The van der Waals surface area contributed by atoms with Crippen molar-refractivity contribution in [1.29, 1.82) is 0 Å². The van der Waals surface area contributed by atoms with Crippen molar-refractivity contribution in [3.05, 3.63) is 126 Å². The van der Waals surface area contributed by atoms with Crippen LogP contribution in [0.5, 0.6) is 0 Å². The van der Waals surface area contributed by atoms with Gasteiger partial charge in [-0.2, -0.15) is 0 Å². The molecule has 0 saturated heterocycles. The first-order valence-electron chi connectivity index (χ1n) is 11.2. The van der Waals surface area contributed by atoms with Crippen LogP contribution < -0.4 is 10.6 Å². The highest BCUT2D eigenvalue weighted by molar-refractivity contribution is 6.06. The fourth-order valence-corrected chi connectivity index (χ4v) is 3.59. The molecule has 0 saturated carbocycles. The summed E-state index contributed by atoms with van der Waals surface area (Å²) in [5.41, 5.74) is 4.21. The number of ether oxygens (including phenoxy) is 2. The smallest absolute Gasteiger partial charge is 0.255 e. The number of methoxy groups -OCH3 is 2. The number of anilines is 2. The molecule has 4 aromatic rings. The largest absolute Gasteiger partial charge is 0.481 e. The number of para-hydroxylation sites is 3. The fourth-order valence-electron chi connectivity index (χ4n) is 3.59. The monoisotopic (exact) mass is 465 g/mol. The summed E-state index contributed by atoms with van der Waals surface area (Å²) < 4.78 is 11.4. The van der Waals surface area contributed by atoms with Crippen molar-refractivity contribution in [3.8, 4) is 0 Å². The molecule has 0 bridgehead atoms. The normalized spacial score (nSPS) is 12.0. The Morgan fingerprint density at radius 1 is 0.743 bits per heavy atom. The summed E-state index contributed by atoms with van der Waals surface area (Å²) in [5, 5.41) is 6.31. The molecule has 1 atom stereocenters. The highest BCUT2D eigenvalue weighted by Crippen LogP contribution is 2.25. The number of carbonyl (C=O) groups excluding carboxylic acids is 1. The van der Waals surface area contributed by atoms with Crippen molar-refractivity contribution in [2.24, 2.45) is 4.99 Å². The predicted molar refractivity (Wildman–Crippen MR) is 140 cm³/mol. The summed E-state index contributed by atoms with van der Waals surface area (Å²) in [6, 6.07) is 34.1. The standard InChI is InChI=1S/C29H27N3O3/c1-34-28(31-25-14-8-4-9-15-25)22-18-21(27(33)30-24-12-6-3-7-13-24)19-23(20-22)29(35-2)32-26-16-10-5-11-17-26/h3-20,28,31H,1-2H3,(H,30,33). The molecular formula is C29H27N3O3. The van der Waals surface area contributed by atoms with Crippen LogP contribution in [0.2, 0.25) is 0 Å². The number of benzene rings is 4. The quantitative estimate of drug-likeness (QED) is 0.179. The van der Waals surface area contributed by atoms with Gasteiger partial charge in [-0.05, 0) is 54.6 Å². The molecule has 4 aromatic carbocycles. The zero-order valence-corrected chi connectivity index (χ0v) is 19.6. The first-order valence-corrected chi connectivity index (χ1v) is 11.2. The summed E-state index contributed by atoms with van der Waals surface area (Å²) in [6.45, 7) is 0. The maximum absolute atomic E-state index is 13.2. The molecule has 6 heteroatoms. The number of hydrogen-bond acceptors (Lipinski definition) is 5. The summed E-state index contributed by atoms with van der Waals surface area (Å²) >= 11 is 0. The van der Waals surface area contributed by atoms with E-state index in [0.717, 1.165) is 16.9 Å². The first kappa shape index (κ1) is 23.7. The van der Waals surface area contributed by atoms with E-state index in [2.05, 4.69) is 15.6 Å². The Kier molecular flexibility index (Phi) is 7.88. The van der Waals surface area contributed by atoms with Gasteiger partial charge in [-0.1, -0.05) is 54.6 Å². The lowest BCUT2D eigenvalue weighted by molar-refractivity contribution is 0.102. The van der Waals surface area contributed by atoms with Crippen molar-refractivity contribution >= 4 is 28.9 Å². The molecule has 35 heavy (non-hydrogen) atoms. The Morgan fingerprint density at radius 2 is 1.31 bits per heavy atom. The zero-order chi connectivity index (χ0) is 24.5. The van der Waals surface area contributed by atoms with Crippen LogP contribution in [0, 0.1) is 0 Å². The van der Waals surface area contributed by atoms with Crippen molar-refractivity contribution in [1.82, 2.24) is 0 Å². The van der Waals surface area contributed by atoms with Crippen molar-refractivity contribution in [2.75, 3.05) is 24.9 Å². The lowest BCUT2D eigenvalue weighted by Crippen LogP contribution is -2.18. The van der Waals surface area contributed by atoms with E-state index in [9.17, 15) is 4.79 Å². The Morgan fingerprint density at radius 3 is 1.91 bits per heavy atom. The first-order chi connectivity index (χ1) is 17.2. The third kappa shape index (κ3) is 6.34. The minimum atomic E-state index is -0.504. The Bertz CT molecular complexity index is 1280. The molecule has 0 heterocycles. The van der Waals surface area contributed by atoms with Crippen molar-refractivity contribution in [2.45, 2.75) is 6.23 Å². The average Bonchev–Trinajstić information content (AvgIpc) is 2.91. The SMILES string of the molecule is COC(=Nc1ccccc1)c1cc(C(=O)Nc2ccccc2)cc(C(Nc2ccccc2)OC)c1. The summed E-state index contributed by atoms with van der Waals surface area (Å²) in [5.74, 6) is 0.144. The van der Waals surface area contributed by atoms with Gasteiger partial charge in [0.1, 0.15) is 0 Å². The van der Waals surface area contributed by atoms with Gasteiger partial charge in [0.2, 0.25) is 5.90 Å². The number of amides is 1. The van der Waals surface area contributed by atoms with Crippen LogP contribution in [-0.4, -0.2) is 26.0 Å². The van der Waals surface area contributed by atoms with Gasteiger partial charge < -0.3 is 20.1 Å². The van der Waals surface area contributed by atoms with Gasteiger partial charge in [0.15, 0.2) is 6.23 Å². The minimum absolute atomic E-state index is 0.246. The molecular weight excluding hydrogens is 438 g/mol. The van der Waals surface area contributed by atoms with Crippen molar-refractivity contribution in [3.63, 3.8) is 0 Å². The Hall–Kier alpha value is -4.42. The lowest BCUT2D eigenvalue weighted by atomic mass is 10.0. The predicted octanol–water partition coefficient (Wildman–Crippen LogP) is 6.42. The maximum atomic E-state index is 13.2. The summed E-state index contributed by atoms with van der Waals surface area (Å²) in [6.07, 6.45) is -0.504. The van der Waals surface area contributed by atoms with E-state index in [1.807, 2.05) is 103 Å². The average molecular weight is 466 g/mol. The molecule has 0 radical (unpaired) electrons. The molecule has 0 aromatic heterocycles. The van der Waals surface area contributed by atoms with Crippen LogP contribution in [0.4, 0.5) is 17.1 Å². The second-order valence-corrected chi connectivity index (χ2v) is 7.75.